The van der Waals surface area contributed by atoms with E-state index in [9.17, 15) is 15.0 Å². The first kappa shape index (κ1) is 25.6. The molecule has 0 aromatic rings. The number of carboxylic acid groups (broad SMARTS) is 1. The number of hydrogen-bond donors (Lipinski definition) is 3. The lowest BCUT2D eigenvalue weighted by Gasteiger charge is -2.55. The second-order valence-corrected chi connectivity index (χ2v) is 11.5. The van der Waals surface area contributed by atoms with Crippen LogP contribution in [0.2, 0.25) is 0 Å². The quantitative estimate of drug-likeness (QED) is 0.386. The molecule has 3 N–H and O–H groups in total. The number of rotatable bonds is 11. The molecule has 0 heterocycles. The lowest BCUT2D eigenvalue weighted by atomic mass is 9.50. The molecule has 2 saturated carbocycles. The van der Waals surface area contributed by atoms with Gasteiger partial charge in [-0.2, -0.15) is 0 Å². The Morgan fingerprint density at radius 1 is 1.10 bits per heavy atom. The van der Waals surface area contributed by atoms with Crippen LogP contribution in [0.5, 0.6) is 0 Å². The van der Waals surface area contributed by atoms with Gasteiger partial charge in [0.2, 0.25) is 0 Å². The summed E-state index contributed by atoms with van der Waals surface area (Å²) in [6.45, 7) is 13.5. The van der Waals surface area contributed by atoms with Crippen LogP contribution in [0, 0.1) is 40.4 Å². The van der Waals surface area contributed by atoms with Crippen molar-refractivity contribution in [1.82, 2.24) is 0 Å². The summed E-state index contributed by atoms with van der Waals surface area (Å²) < 4.78 is 0. The number of fused-ring (bicyclic) bond motifs is 1. The topological polar surface area (TPSA) is 77.8 Å². The zero-order valence-electron chi connectivity index (χ0n) is 20.4. The fourth-order valence-corrected chi connectivity index (χ4v) is 7.37. The number of carboxylic acids is 1. The van der Waals surface area contributed by atoms with Gasteiger partial charge in [0.25, 0.3) is 0 Å². The van der Waals surface area contributed by atoms with Gasteiger partial charge in [0.15, 0.2) is 0 Å². The number of hydrogen-bond acceptors (Lipinski definition) is 3. The number of aliphatic carboxylic acids is 1. The maximum absolute atomic E-state index is 11.2. The van der Waals surface area contributed by atoms with Crippen LogP contribution >= 0.6 is 0 Å². The molecule has 8 atom stereocenters. The highest BCUT2D eigenvalue weighted by Gasteiger charge is 2.57. The van der Waals surface area contributed by atoms with E-state index in [0.717, 1.165) is 51.4 Å². The van der Waals surface area contributed by atoms with Crippen LogP contribution in [-0.4, -0.2) is 33.5 Å². The Kier molecular flexibility index (Phi) is 8.84. The summed E-state index contributed by atoms with van der Waals surface area (Å²) in [5.74, 6) is 1.57. The maximum Gasteiger partial charge on any atom is 0.303 e. The molecule has 2 aliphatic rings. The predicted molar refractivity (Wildman–Crippen MR) is 122 cm³/mol. The summed E-state index contributed by atoms with van der Waals surface area (Å²) in [7, 11) is 0. The van der Waals surface area contributed by atoms with Gasteiger partial charge in [-0.1, -0.05) is 41.5 Å². The minimum absolute atomic E-state index is 0.102. The molecule has 4 nitrogen and oxygen atoms in total. The second-order valence-electron chi connectivity index (χ2n) is 11.5. The molecule has 0 bridgehead atoms. The van der Waals surface area contributed by atoms with Crippen molar-refractivity contribution in [2.75, 3.05) is 0 Å². The Balaban J connectivity index is 2.23. The molecule has 176 valence electrons. The SMILES string of the molecule is CC[C@H](O)CCC(C)(C)C1CC[C@@]2(C)C(CC[C@@H]2[C@H](C)CCC(=O)O)C1[C@H](O)CC. The lowest BCUT2D eigenvalue weighted by molar-refractivity contribution is -0.137. The summed E-state index contributed by atoms with van der Waals surface area (Å²) in [6.07, 6.45) is 8.58. The van der Waals surface area contributed by atoms with Gasteiger partial charge >= 0.3 is 5.97 Å². The molecule has 0 aromatic heterocycles. The van der Waals surface area contributed by atoms with E-state index in [1.807, 2.05) is 6.92 Å². The third-order valence-corrected chi connectivity index (χ3v) is 9.37. The zero-order valence-corrected chi connectivity index (χ0v) is 20.4. The van der Waals surface area contributed by atoms with Gasteiger partial charge in [0.1, 0.15) is 0 Å². The van der Waals surface area contributed by atoms with Crippen molar-refractivity contribution in [3.05, 3.63) is 0 Å². The molecule has 0 amide bonds. The standard InChI is InChI=1S/C26H48O4/c1-7-18(27)13-15-25(4,5)20-14-16-26(6)19(17(3)9-12-23(29)30)10-11-21(26)24(20)22(28)8-2/h17-22,24,27-28H,7-16H2,1-6H3,(H,29,30)/t17-,18+,19-,20?,21?,22-,24?,26-/m1/s1. The van der Waals surface area contributed by atoms with Gasteiger partial charge in [-0.25, -0.2) is 0 Å². The number of aliphatic hydroxyl groups is 2. The Bertz CT molecular complexity index is 559. The van der Waals surface area contributed by atoms with Crippen LogP contribution < -0.4 is 0 Å². The van der Waals surface area contributed by atoms with E-state index < -0.39 is 5.97 Å². The Hall–Kier alpha value is -0.610. The van der Waals surface area contributed by atoms with Gasteiger partial charge in [-0.05, 0) is 98.2 Å². The van der Waals surface area contributed by atoms with Crippen LogP contribution in [0.1, 0.15) is 106 Å². The van der Waals surface area contributed by atoms with E-state index in [1.54, 1.807) is 0 Å². The van der Waals surface area contributed by atoms with Crippen LogP contribution in [0.25, 0.3) is 0 Å². The van der Waals surface area contributed by atoms with Gasteiger partial charge < -0.3 is 15.3 Å². The minimum atomic E-state index is -0.694. The van der Waals surface area contributed by atoms with E-state index in [1.165, 1.54) is 6.42 Å². The van der Waals surface area contributed by atoms with Crippen LogP contribution in [0.3, 0.4) is 0 Å². The van der Waals surface area contributed by atoms with Crippen molar-refractivity contribution >= 4 is 5.97 Å². The molecule has 2 fully saturated rings. The molecule has 4 heteroatoms. The molecule has 0 aliphatic heterocycles. The maximum atomic E-state index is 11.2. The summed E-state index contributed by atoms with van der Waals surface area (Å²) >= 11 is 0. The molecule has 3 unspecified atom stereocenters. The molecule has 0 spiro atoms. The van der Waals surface area contributed by atoms with E-state index in [4.69, 9.17) is 5.11 Å². The van der Waals surface area contributed by atoms with Gasteiger partial charge in [0.05, 0.1) is 12.2 Å². The zero-order chi connectivity index (χ0) is 22.7. The minimum Gasteiger partial charge on any atom is -0.481 e. The van der Waals surface area contributed by atoms with E-state index >= 15 is 0 Å². The van der Waals surface area contributed by atoms with Crippen molar-refractivity contribution in [2.45, 2.75) is 118 Å². The number of carbonyl (C=O) groups is 1. The third kappa shape index (κ3) is 5.41. The van der Waals surface area contributed by atoms with Crippen molar-refractivity contribution in [3.8, 4) is 0 Å². The molecule has 0 saturated heterocycles. The van der Waals surface area contributed by atoms with Gasteiger partial charge in [-0.15, -0.1) is 0 Å². The third-order valence-electron chi connectivity index (χ3n) is 9.37. The first-order valence-corrected chi connectivity index (χ1v) is 12.6. The van der Waals surface area contributed by atoms with E-state index in [0.29, 0.717) is 29.6 Å². The Morgan fingerprint density at radius 2 is 1.77 bits per heavy atom. The monoisotopic (exact) mass is 424 g/mol. The smallest absolute Gasteiger partial charge is 0.303 e. The van der Waals surface area contributed by atoms with Gasteiger partial charge in [-0.3, -0.25) is 4.79 Å². The fourth-order valence-electron chi connectivity index (χ4n) is 7.37. The molecule has 0 aromatic carbocycles. The van der Waals surface area contributed by atoms with E-state index in [-0.39, 0.29) is 29.5 Å². The predicted octanol–water partition coefficient (Wildman–Crippen LogP) is 5.89. The van der Waals surface area contributed by atoms with E-state index in [2.05, 4.69) is 34.6 Å². The largest absolute Gasteiger partial charge is 0.481 e. The summed E-state index contributed by atoms with van der Waals surface area (Å²) in [5.41, 5.74) is 0.305. The van der Waals surface area contributed by atoms with Crippen LogP contribution in [-0.2, 0) is 4.79 Å². The average molecular weight is 425 g/mol. The Labute approximate surface area is 184 Å². The first-order chi connectivity index (χ1) is 14.0. The van der Waals surface area contributed by atoms with Crippen molar-refractivity contribution in [3.63, 3.8) is 0 Å². The molecule has 0 radical (unpaired) electrons. The molecule has 2 rings (SSSR count). The van der Waals surface area contributed by atoms with Crippen LogP contribution in [0.15, 0.2) is 0 Å². The van der Waals surface area contributed by atoms with Gasteiger partial charge in [0, 0.05) is 6.42 Å². The summed E-state index contributed by atoms with van der Waals surface area (Å²) in [5, 5.41) is 30.4. The summed E-state index contributed by atoms with van der Waals surface area (Å²) in [6, 6.07) is 0. The molecule has 30 heavy (non-hydrogen) atoms. The second kappa shape index (κ2) is 10.3. The molecular formula is C26H48O4. The van der Waals surface area contributed by atoms with Crippen LogP contribution in [0.4, 0.5) is 0 Å². The van der Waals surface area contributed by atoms with Crippen molar-refractivity contribution in [1.29, 1.82) is 0 Å². The Morgan fingerprint density at radius 3 is 2.33 bits per heavy atom. The number of aliphatic hydroxyl groups excluding tert-OH is 2. The lowest BCUT2D eigenvalue weighted by Crippen LogP contribution is -2.50. The highest BCUT2D eigenvalue weighted by molar-refractivity contribution is 5.66. The fraction of sp³-hybridized carbons (Fsp3) is 0.962. The van der Waals surface area contributed by atoms with Crippen molar-refractivity contribution < 1.29 is 20.1 Å². The highest BCUT2D eigenvalue weighted by atomic mass is 16.4. The average Bonchev–Trinajstić information content (AvgIpc) is 3.05. The normalized spacial score (nSPS) is 34.9. The summed E-state index contributed by atoms with van der Waals surface area (Å²) in [4.78, 5) is 11.1. The van der Waals surface area contributed by atoms with Crippen molar-refractivity contribution in [2.24, 2.45) is 40.4 Å². The molecule has 2 aliphatic carbocycles. The first-order valence-electron chi connectivity index (χ1n) is 12.6. The highest BCUT2D eigenvalue weighted by Crippen LogP contribution is 2.64. The molecular weight excluding hydrogens is 376 g/mol.